The van der Waals surface area contributed by atoms with Crippen molar-refractivity contribution >= 4 is 29.1 Å². The number of thiazole rings is 1. The third kappa shape index (κ3) is 10.2. The molecule has 3 atom stereocenters. The number of benzene rings is 1. The lowest BCUT2D eigenvalue weighted by Crippen LogP contribution is -2.44. The molecule has 38 heavy (non-hydrogen) atoms. The number of nitrogens with two attached hydrogens (primary N) is 1. The fourth-order valence-corrected chi connectivity index (χ4v) is 5.32. The van der Waals surface area contributed by atoms with Gasteiger partial charge in [0.1, 0.15) is 16.8 Å². The summed E-state index contributed by atoms with van der Waals surface area (Å²) in [5.74, 6) is -0.484. The van der Waals surface area contributed by atoms with Gasteiger partial charge >= 0.3 is 0 Å². The number of amides is 3. The van der Waals surface area contributed by atoms with Gasteiger partial charge in [0.05, 0.1) is 0 Å². The Kier molecular flexibility index (Phi) is 13.4. The molecule has 0 aliphatic heterocycles. The zero-order valence-electron chi connectivity index (χ0n) is 23.2. The molecule has 3 amide bonds. The summed E-state index contributed by atoms with van der Waals surface area (Å²) in [5.41, 5.74) is 6.61. The zero-order chi connectivity index (χ0) is 28.1. The third-order valence-corrected chi connectivity index (χ3v) is 7.55. The van der Waals surface area contributed by atoms with E-state index in [0.717, 1.165) is 24.8 Å². The number of aromatic nitrogens is 1. The fourth-order valence-electron chi connectivity index (χ4n) is 4.52. The van der Waals surface area contributed by atoms with Gasteiger partial charge in [0.25, 0.3) is 5.91 Å². The lowest BCUT2D eigenvalue weighted by Gasteiger charge is -2.35. The summed E-state index contributed by atoms with van der Waals surface area (Å²) in [5, 5.41) is 16.1. The van der Waals surface area contributed by atoms with E-state index in [-0.39, 0.29) is 41.9 Å². The molecule has 0 fully saturated rings. The minimum absolute atomic E-state index is 0.124. The van der Waals surface area contributed by atoms with Crippen LogP contribution in [0.15, 0.2) is 35.7 Å². The molecule has 0 radical (unpaired) electrons. The topological polar surface area (TPSA) is 126 Å². The molecule has 0 saturated heterocycles. The van der Waals surface area contributed by atoms with Crippen LogP contribution in [0, 0.1) is 5.92 Å². The number of primary amides is 1. The highest BCUT2D eigenvalue weighted by Crippen LogP contribution is 2.28. The van der Waals surface area contributed by atoms with Gasteiger partial charge in [0.2, 0.25) is 11.8 Å². The van der Waals surface area contributed by atoms with Gasteiger partial charge in [0, 0.05) is 43.3 Å². The molecule has 3 unspecified atom stereocenters. The quantitative estimate of drug-likeness (QED) is 0.268. The predicted octanol–water partition coefficient (Wildman–Crippen LogP) is 4.63. The predicted molar refractivity (Wildman–Crippen MR) is 152 cm³/mol. The van der Waals surface area contributed by atoms with Gasteiger partial charge in [-0.25, -0.2) is 4.98 Å². The van der Waals surface area contributed by atoms with Gasteiger partial charge in [0.15, 0.2) is 0 Å². The molecule has 0 saturated carbocycles. The molecule has 1 aromatic heterocycles. The van der Waals surface area contributed by atoms with E-state index >= 15 is 0 Å². The van der Waals surface area contributed by atoms with Gasteiger partial charge in [-0.05, 0) is 37.2 Å². The van der Waals surface area contributed by atoms with Crippen molar-refractivity contribution in [2.24, 2.45) is 11.7 Å². The summed E-state index contributed by atoms with van der Waals surface area (Å²) in [6.07, 6.45) is 3.79. The Morgan fingerprint density at radius 1 is 1.11 bits per heavy atom. The van der Waals surface area contributed by atoms with Crippen LogP contribution >= 0.6 is 11.3 Å². The van der Waals surface area contributed by atoms with Crippen molar-refractivity contribution < 1.29 is 19.5 Å². The molecule has 8 nitrogen and oxygen atoms in total. The number of nitrogens with one attached hydrogen (secondary N) is 1. The minimum atomic E-state index is -0.887. The molecule has 0 aliphatic carbocycles. The van der Waals surface area contributed by atoms with Gasteiger partial charge < -0.3 is 21.1 Å². The number of carbonyl (C=O) groups is 3. The lowest BCUT2D eigenvalue weighted by atomic mass is 9.95. The van der Waals surface area contributed by atoms with Crippen LogP contribution in [0.1, 0.15) is 99.8 Å². The Labute approximate surface area is 231 Å². The number of hydrogen-bond acceptors (Lipinski definition) is 6. The van der Waals surface area contributed by atoms with Crippen LogP contribution in [0.5, 0.6) is 0 Å². The minimum Gasteiger partial charge on any atom is -0.386 e. The average Bonchev–Trinajstić information content (AvgIpc) is 3.39. The number of unbranched alkanes of at least 4 members (excludes halogenated alkanes) is 1. The van der Waals surface area contributed by atoms with Gasteiger partial charge in [-0.1, -0.05) is 64.4 Å². The van der Waals surface area contributed by atoms with E-state index in [4.69, 9.17) is 5.73 Å². The number of nitrogens with zero attached hydrogens (tertiary/aromatic N) is 2. The molecular formula is C29H44N4O4S. The second-order valence-electron chi connectivity index (χ2n) is 10.2. The Hall–Kier alpha value is -2.78. The molecule has 4 N–H and O–H groups in total. The largest absolute Gasteiger partial charge is 0.386 e. The van der Waals surface area contributed by atoms with Crippen molar-refractivity contribution in [3.8, 4) is 0 Å². The number of rotatable bonds is 17. The summed E-state index contributed by atoms with van der Waals surface area (Å²) in [6, 6.07) is 9.32. The van der Waals surface area contributed by atoms with Crippen LogP contribution in [-0.2, 0) is 16.0 Å². The van der Waals surface area contributed by atoms with Crippen LogP contribution in [-0.4, -0.2) is 51.3 Å². The van der Waals surface area contributed by atoms with Crippen LogP contribution in [0.3, 0.4) is 0 Å². The van der Waals surface area contributed by atoms with Crippen LogP contribution in [0.4, 0.5) is 0 Å². The molecular weight excluding hydrogens is 500 g/mol. The van der Waals surface area contributed by atoms with Gasteiger partial charge in [-0.3, -0.25) is 14.4 Å². The summed E-state index contributed by atoms with van der Waals surface area (Å²) < 4.78 is 0. The summed E-state index contributed by atoms with van der Waals surface area (Å²) in [6.45, 7) is 8.89. The maximum atomic E-state index is 13.0. The third-order valence-electron chi connectivity index (χ3n) is 6.60. The number of hydrogen-bond donors (Lipinski definition) is 3. The van der Waals surface area contributed by atoms with E-state index in [1.807, 2.05) is 42.2 Å². The summed E-state index contributed by atoms with van der Waals surface area (Å²) in [4.78, 5) is 43.7. The molecule has 1 heterocycles. The Morgan fingerprint density at radius 3 is 2.42 bits per heavy atom. The number of aliphatic hydroxyl groups is 1. The van der Waals surface area contributed by atoms with E-state index in [1.165, 1.54) is 11.3 Å². The standard InChI is InChI=1S/C29H44N4O4S/c1-5-7-13-27(36)33(16-6-2)24(20(3)4)18-25(34)29-32-23(19-38-29)28(37)31-22(14-15-26(30)35)17-21-11-9-8-10-12-21/h8-12,19-20,22,24-25,34H,5-7,13-18H2,1-4H3,(H2,30,35)(H,31,37). The van der Waals surface area contributed by atoms with E-state index < -0.39 is 12.0 Å². The van der Waals surface area contributed by atoms with E-state index in [0.29, 0.717) is 37.2 Å². The number of aliphatic hydroxyl groups excluding tert-OH is 1. The Balaban J connectivity index is 2.11. The summed E-state index contributed by atoms with van der Waals surface area (Å²) in [7, 11) is 0. The normalized spacial score (nSPS) is 13.6. The van der Waals surface area contributed by atoms with Gasteiger partial charge in [-0.2, -0.15) is 0 Å². The van der Waals surface area contributed by atoms with Crippen LogP contribution < -0.4 is 11.1 Å². The van der Waals surface area contributed by atoms with Crippen molar-refractivity contribution in [2.45, 2.75) is 97.2 Å². The van der Waals surface area contributed by atoms with Crippen molar-refractivity contribution in [3.63, 3.8) is 0 Å². The molecule has 2 rings (SSSR count). The monoisotopic (exact) mass is 544 g/mol. The molecule has 210 valence electrons. The Bertz CT molecular complexity index is 1010. The molecule has 0 aliphatic rings. The highest BCUT2D eigenvalue weighted by atomic mass is 32.1. The second-order valence-corrected chi connectivity index (χ2v) is 11.1. The van der Waals surface area contributed by atoms with Crippen molar-refractivity contribution in [3.05, 3.63) is 52.0 Å². The first-order valence-electron chi connectivity index (χ1n) is 13.7. The number of carbonyl (C=O) groups excluding carboxylic acids is 3. The van der Waals surface area contributed by atoms with Crippen LogP contribution in [0.25, 0.3) is 0 Å². The van der Waals surface area contributed by atoms with Crippen molar-refractivity contribution in [2.75, 3.05) is 6.54 Å². The van der Waals surface area contributed by atoms with Gasteiger partial charge in [-0.15, -0.1) is 11.3 Å². The van der Waals surface area contributed by atoms with Crippen molar-refractivity contribution in [1.29, 1.82) is 0 Å². The fraction of sp³-hybridized carbons (Fsp3) is 0.586. The average molecular weight is 545 g/mol. The zero-order valence-corrected chi connectivity index (χ0v) is 24.0. The van der Waals surface area contributed by atoms with E-state index in [1.54, 1.807) is 5.38 Å². The second kappa shape index (κ2) is 16.2. The molecule has 1 aromatic carbocycles. The smallest absolute Gasteiger partial charge is 0.270 e. The Morgan fingerprint density at radius 2 is 1.82 bits per heavy atom. The maximum Gasteiger partial charge on any atom is 0.270 e. The van der Waals surface area contributed by atoms with Crippen molar-refractivity contribution in [1.82, 2.24) is 15.2 Å². The summed E-state index contributed by atoms with van der Waals surface area (Å²) >= 11 is 1.24. The molecule has 0 bridgehead atoms. The van der Waals surface area contributed by atoms with Crippen LogP contribution in [0.2, 0.25) is 0 Å². The van der Waals surface area contributed by atoms with E-state index in [2.05, 4.69) is 31.1 Å². The first-order valence-corrected chi connectivity index (χ1v) is 14.6. The maximum absolute atomic E-state index is 13.0. The van der Waals surface area contributed by atoms with E-state index in [9.17, 15) is 19.5 Å². The highest BCUT2D eigenvalue weighted by molar-refractivity contribution is 7.09. The lowest BCUT2D eigenvalue weighted by molar-refractivity contribution is -0.135. The molecule has 9 heteroatoms. The highest BCUT2D eigenvalue weighted by Gasteiger charge is 2.29. The molecule has 2 aromatic rings. The SMILES string of the molecule is CCCCC(=O)N(CCC)C(CC(O)c1nc(C(=O)NC(CCC(N)=O)Cc2ccccc2)cs1)C(C)C. The molecule has 0 spiro atoms. The first-order chi connectivity index (χ1) is 18.2. The first kappa shape index (κ1) is 31.4.